The number of carbonyl (C=O) groups excluding carboxylic acids is 1. The lowest BCUT2D eigenvalue weighted by atomic mass is 9.45. The molecule has 1 nitrogen and oxygen atoms in total. The van der Waals surface area contributed by atoms with Crippen molar-refractivity contribution in [2.75, 3.05) is 0 Å². The van der Waals surface area contributed by atoms with E-state index < -0.39 is 0 Å². The van der Waals surface area contributed by atoms with Gasteiger partial charge in [0.25, 0.3) is 0 Å². The largest absolute Gasteiger partial charge is 0.300 e. The molecular weight excluding hydrogens is 280 g/mol. The number of ketones is 1. The van der Waals surface area contributed by atoms with Gasteiger partial charge < -0.3 is 0 Å². The molecular formula is C22H36O. The number of Topliss-reactive ketones (excluding diaryl/α,β-unsaturated/α-hetero) is 1. The second-order valence-electron chi connectivity index (χ2n) is 10.4. The van der Waals surface area contributed by atoms with Crippen LogP contribution in [-0.4, -0.2) is 5.78 Å². The fraction of sp³-hybridized carbons (Fsp3) is 0.955. The predicted molar refractivity (Wildman–Crippen MR) is 95.1 cm³/mol. The van der Waals surface area contributed by atoms with Crippen molar-refractivity contribution in [2.24, 2.45) is 46.3 Å². The molecule has 0 aromatic heterocycles. The molecule has 4 saturated carbocycles. The lowest BCUT2D eigenvalue weighted by molar-refractivity contribution is -0.131. The SMILES string of the molecule is CC(=O)C1CCC2C3CCC4(C)CC(C)CCC4C3CCC12C. The van der Waals surface area contributed by atoms with Gasteiger partial charge in [-0.05, 0) is 98.7 Å². The van der Waals surface area contributed by atoms with Crippen molar-refractivity contribution in [2.45, 2.75) is 85.5 Å². The van der Waals surface area contributed by atoms with Gasteiger partial charge in [0.15, 0.2) is 0 Å². The second-order valence-corrected chi connectivity index (χ2v) is 10.4. The zero-order chi connectivity index (χ0) is 16.4. The van der Waals surface area contributed by atoms with E-state index in [1.807, 2.05) is 6.92 Å². The molecule has 0 aromatic rings. The highest BCUT2D eigenvalue weighted by atomic mass is 16.1. The predicted octanol–water partition coefficient (Wildman–Crippen LogP) is 5.87. The average molecular weight is 317 g/mol. The Bertz CT molecular complexity index is 496. The molecule has 0 radical (unpaired) electrons. The number of fused-ring (bicyclic) bond motifs is 5. The smallest absolute Gasteiger partial charge is 0.133 e. The third-order valence-corrected chi connectivity index (χ3v) is 9.23. The summed E-state index contributed by atoms with van der Waals surface area (Å²) in [6.07, 6.45) is 12.6. The summed E-state index contributed by atoms with van der Waals surface area (Å²) < 4.78 is 0. The molecule has 0 bridgehead atoms. The van der Waals surface area contributed by atoms with Gasteiger partial charge in [-0.1, -0.05) is 27.2 Å². The Morgan fingerprint density at radius 1 is 0.870 bits per heavy atom. The van der Waals surface area contributed by atoms with Crippen LogP contribution >= 0.6 is 0 Å². The van der Waals surface area contributed by atoms with Crippen LogP contribution in [0.15, 0.2) is 0 Å². The third kappa shape index (κ3) is 2.28. The fourth-order valence-corrected chi connectivity index (χ4v) is 8.28. The van der Waals surface area contributed by atoms with Crippen LogP contribution in [0.1, 0.15) is 85.5 Å². The first-order chi connectivity index (χ1) is 10.8. The Morgan fingerprint density at radius 2 is 1.52 bits per heavy atom. The maximum Gasteiger partial charge on any atom is 0.133 e. The number of hydrogen-bond donors (Lipinski definition) is 0. The second kappa shape index (κ2) is 5.33. The van der Waals surface area contributed by atoms with Gasteiger partial charge >= 0.3 is 0 Å². The Kier molecular flexibility index (Phi) is 3.75. The van der Waals surface area contributed by atoms with Crippen molar-refractivity contribution in [1.29, 1.82) is 0 Å². The van der Waals surface area contributed by atoms with Gasteiger partial charge in [-0.2, -0.15) is 0 Å². The van der Waals surface area contributed by atoms with Crippen LogP contribution in [0.2, 0.25) is 0 Å². The van der Waals surface area contributed by atoms with Crippen LogP contribution in [0.25, 0.3) is 0 Å². The van der Waals surface area contributed by atoms with Gasteiger partial charge in [-0.3, -0.25) is 4.79 Å². The van der Waals surface area contributed by atoms with E-state index >= 15 is 0 Å². The monoisotopic (exact) mass is 316 g/mol. The van der Waals surface area contributed by atoms with Crippen LogP contribution in [0.3, 0.4) is 0 Å². The molecule has 23 heavy (non-hydrogen) atoms. The van der Waals surface area contributed by atoms with Crippen molar-refractivity contribution in [1.82, 2.24) is 0 Å². The van der Waals surface area contributed by atoms with Crippen molar-refractivity contribution >= 4 is 5.78 Å². The van der Waals surface area contributed by atoms with E-state index in [1.54, 1.807) is 0 Å². The Balaban J connectivity index is 1.60. The van der Waals surface area contributed by atoms with Crippen molar-refractivity contribution in [3.63, 3.8) is 0 Å². The fourth-order valence-electron chi connectivity index (χ4n) is 8.28. The summed E-state index contributed by atoms with van der Waals surface area (Å²) in [6, 6.07) is 0. The topological polar surface area (TPSA) is 17.1 Å². The first-order valence-corrected chi connectivity index (χ1v) is 10.4. The highest BCUT2D eigenvalue weighted by Crippen LogP contribution is 2.66. The summed E-state index contributed by atoms with van der Waals surface area (Å²) in [6.45, 7) is 9.42. The summed E-state index contributed by atoms with van der Waals surface area (Å²) in [5.41, 5.74) is 0.966. The zero-order valence-corrected chi connectivity index (χ0v) is 15.7. The van der Waals surface area contributed by atoms with Crippen molar-refractivity contribution in [3.05, 3.63) is 0 Å². The summed E-state index contributed by atoms with van der Waals surface area (Å²) >= 11 is 0. The molecule has 0 saturated heterocycles. The molecule has 0 spiro atoms. The first-order valence-electron chi connectivity index (χ1n) is 10.4. The lowest BCUT2D eigenvalue weighted by Gasteiger charge is -2.59. The Labute approximate surface area is 143 Å². The number of carbonyl (C=O) groups is 1. The van der Waals surface area contributed by atoms with Crippen LogP contribution in [0.4, 0.5) is 0 Å². The normalized spacial score (nSPS) is 55.7. The molecule has 8 atom stereocenters. The van der Waals surface area contributed by atoms with E-state index in [9.17, 15) is 4.79 Å². The van der Waals surface area contributed by atoms with E-state index in [0.29, 0.717) is 22.5 Å². The molecule has 4 aliphatic rings. The summed E-state index contributed by atoms with van der Waals surface area (Å²) in [7, 11) is 0. The molecule has 0 heterocycles. The first kappa shape index (κ1) is 16.2. The Morgan fingerprint density at radius 3 is 2.26 bits per heavy atom. The number of hydrogen-bond acceptors (Lipinski definition) is 1. The molecule has 0 amide bonds. The molecule has 0 aliphatic heterocycles. The maximum atomic E-state index is 12.2. The summed E-state index contributed by atoms with van der Waals surface area (Å²) in [5.74, 6) is 5.52. The molecule has 0 N–H and O–H groups in total. The summed E-state index contributed by atoms with van der Waals surface area (Å²) in [4.78, 5) is 12.2. The molecule has 8 unspecified atom stereocenters. The van der Waals surface area contributed by atoms with Gasteiger partial charge in [-0.25, -0.2) is 0 Å². The van der Waals surface area contributed by atoms with Crippen molar-refractivity contribution in [3.8, 4) is 0 Å². The molecule has 4 fully saturated rings. The van der Waals surface area contributed by atoms with E-state index in [0.717, 1.165) is 29.6 Å². The van der Waals surface area contributed by atoms with E-state index in [4.69, 9.17) is 0 Å². The molecule has 4 aliphatic carbocycles. The molecule has 1 heteroatoms. The van der Waals surface area contributed by atoms with E-state index in [2.05, 4.69) is 20.8 Å². The minimum absolute atomic E-state index is 0.336. The minimum Gasteiger partial charge on any atom is -0.300 e. The molecule has 0 aromatic carbocycles. The summed E-state index contributed by atoms with van der Waals surface area (Å²) in [5, 5.41) is 0. The number of rotatable bonds is 1. The molecule has 4 rings (SSSR count). The molecule has 130 valence electrons. The van der Waals surface area contributed by atoms with Crippen LogP contribution in [-0.2, 0) is 4.79 Å². The van der Waals surface area contributed by atoms with Gasteiger partial charge in [-0.15, -0.1) is 0 Å². The van der Waals surface area contributed by atoms with E-state index in [-0.39, 0.29) is 0 Å². The standard InChI is InChI=1S/C22H36O/c1-14-5-6-19-16-10-12-22(4)18(15(2)23)7-8-20(22)17(16)9-11-21(19,3)13-14/h14,16-20H,5-13H2,1-4H3. The maximum absolute atomic E-state index is 12.2. The lowest BCUT2D eigenvalue weighted by Crippen LogP contribution is -2.52. The van der Waals surface area contributed by atoms with Gasteiger partial charge in [0.1, 0.15) is 5.78 Å². The van der Waals surface area contributed by atoms with Crippen molar-refractivity contribution < 1.29 is 4.79 Å². The van der Waals surface area contributed by atoms with E-state index in [1.165, 1.54) is 57.8 Å². The van der Waals surface area contributed by atoms with Gasteiger partial charge in [0, 0.05) is 5.92 Å². The highest BCUT2D eigenvalue weighted by Gasteiger charge is 2.59. The van der Waals surface area contributed by atoms with Crippen LogP contribution in [0.5, 0.6) is 0 Å². The van der Waals surface area contributed by atoms with Crippen LogP contribution in [0, 0.1) is 46.3 Å². The Hall–Kier alpha value is -0.330. The third-order valence-electron chi connectivity index (χ3n) is 9.23. The highest BCUT2D eigenvalue weighted by molar-refractivity contribution is 5.79. The van der Waals surface area contributed by atoms with Crippen LogP contribution < -0.4 is 0 Å². The van der Waals surface area contributed by atoms with Gasteiger partial charge in [0.2, 0.25) is 0 Å². The zero-order valence-electron chi connectivity index (χ0n) is 15.7. The minimum atomic E-state index is 0.336. The quantitative estimate of drug-likeness (QED) is 0.591. The average Bonchev–Trinajstić information content (AvgIpc) is 2.83. The van der Waals surface area contributed by atoms with Gasteiger partial charge in [0.05, 0.1) is 0 Å².